The van der Waals surface area contributed by atoms with Crippen LogP contribution in [-0.4, -0.2) is 13.1 Å². The average molecular weight is 510 g/mol. The van der Waals surface area contributed by atoms with Gasteiger partial charge in [-0.15, -0.1) is 0 Å². The van der Waals surface area contributed by atoms with Crippen molar-refractivity contribution in [2.24, 2.45) is 0 Å². The van der Waals surface area contributed by atoms with E-state index in [9.17, 15) is 4.79 Å². The zero-order valence-corrected chi connectivity index (χ0v) is 19.1. The predicted molar refractivity (Wildman–Crippen MR) is 128 cm³/mol. The first kappa shape index (κ1) is 18.8. The Balaban J connectivity index is 1.83. The number of esters is 1. The number of aryl methyl sites for hydroxylation is 1. The van der Waals surface area contributed by atoms with E-state index >= 15 is 0 Å². The lowest BCUT2D eigenvalue weighted by molar-refractivity contribution is -0.140. The van der Waals surface area contributed by atoms with E-state index in [1.165, 1.54) is 55.8 Å². The van der Waals surface area contributed by atoms with Crippen LogP contribution >= 0.6 is 31.9 Å². The zero-order chi connectivity index (χ0) is 20.1. The zero-order valence-electron chi connectivity index (χ0n) is 15.9. The number of rotatable bonds is 4. The minimum Gasteiger partial charge on any atom is -0.469 e. The van der Waals surface area contributed by atoms with E-state index in [-0.39, 0.29) is 5.97 Å². The largest absolute Gasteiger partial charge is 0.469 e. The van der Waals surface area contributed by atoms with Crippen molar-refractivity contribution in [1.82, 2.24) is 0 Å². The Bertz CT molecular complexity index is 1380. The van der Waals surface area contributed by atoms with Crippen LogP contribution in [0.15, 0.2) is 63.5 Å². The van der Waals surface area contributed by atoms with Gasteiger partial charge < -0.3 is 4.74 Å². The molecule has 0 heterocycles. The molecule has 0 fully saturated rings. The number of methoxy groups -OCH3 is 1. The Hall–Kier alpha value is -2.17. The maximum atomic E-state index is 11.5. The summed E-state index contributed by atoms with van der Waals surface area (Å²) in [5, 5.41) is 10.2. The van der Waals surface area contributed by atoms with E-state index in [0.717, 1.165) is 21.8 Å². The van der Waals surface area contributed by atoms with Gasteiger partial charge in [0.05, 0.1) is 7.11 Å². The van der Waals surface area contributed by atoms with Crippen LogP contribution in [0.4, 0.5) is 0 Å². The van der Waals surface area contributed by atoms with Crippen molar-refractivity contribution >= 4 is 80.9 Å². The van der Waals surface area contributed by atoms with E-state index in [2.05, 4.69) is 86.5 Å². The van der Waals surface area contributed by atoms with Gasteiger partial charge in [0.1, 0.15) is 0 Å². The molecule has 0 amide bonds. The van der Waals surface area contributed by atoms with Crippen LogP contribution in [0.2, 0.25) is 0 Å². The minimum atomic E-state index is -0.155. The minimum absolute atomic E-state index is 0.155. The normalized spacial score (nSPS) is 11.8. The second kappa shape index (κ2) is 7.26. The molecular weight excluding hydrogens is 492 g/mol. The number of benzene rings is 5. The van der Waals surface area contributed by atoms with Gasteiger partial charge in [-0.05, 0) is 68.2 Å². The smallest absolute Gasteiger partial charge is 0.305 e. The fourth-order valence-electron chi connectivity index (χ4n) is 4.52. The second-order valence-corrected chi connectivity index (χ2v) is 9.08. The molecule has 29 heavy (non-hydrogen) atoms. The summed E-state index contributed by atoms with van der Waals surface area (Å²) in [6, 6.07) is 19.7. The monoisotopic (exact) mass is 508 g/mol. The Morgan fingerprint density at radius 3 is 2.14 bits per heavy atom. The van der Waals surface area contributed by atoms with E-state index in [0.29, 0.717) is 6.42 Å². The summed E-state index contributed by atoms with van der Waals surface area (Å²) < 4.78 is 7.01. The Labute approximate surface area is 185 Å². The molecule has 5 aromatic carbocycles. The van der Waals surface area contributed by atoms with Gasteiger partial charge in [0.25, 0.3) is 0 Å². The van der Waals surface area contributed by atoms with Gasteiger partial charge in [-0.2, -0.15) is 0 Å². The maximum Gasteiger partial charge on any atom is 0.305 e. The van der Waals surface area contributed by atoms with Crippen molar-refractivity contribution in [1.29, 1.82) is 0 Å². The van der Waals surface area contributed by atoms with Crippen LogP contribution in [0.5, 0.6) is 0 Å². The molecule has 2 nitrogen and oxygen atoms in total. The molecule has 5 rings (SSSR count). The lowest BCUT2D eigenvalue weighted by Gasteiger charge is -2.18. The van der Waals surface area contributed by atoms with Gasteiger partial charge in [0, 0.05) is 20.8 Å². The Morgan fingerprint density at radius 1 is 0.759 bits per heavy atom. The molecule has 0 unspecified atom stereocenters. The summed E-state index contributed by atoms with van der Waals surface area (Å²) in [5.74, 6) is -0.155. The third kappa shape index (κ3) is 2.92. The standard InChI is InChI=1S/C25H18Br2O2/c1-29-22(28)7-2-4-14-8-9-17-15-5-3-6-19-20(26)12-10-16(24(15)19)18-11-13-21(27)23(14)25(17)18/h3,5-6,8-13H,2,4,7H2,1H3. The molecule has 4 heteroatoms. The number of halogens is 2. The first-order valence-corrected chi connectivity index (χ1v) is 11.2. The highest BCUT2D eigenvalue weighted by atomic mass is 79.9. The van der Waals surface area contributed by atoms with Crippen LogP contribution in [0.25, 0.3) is 43.1 Å². The summed E-state index contributed by atoms with van der Waals surface area (Å²) in [4.78, 5) is 11.5. The van der Waals surface area contributed by atoms with E-state index in [4.69, 9.17) is 4.74 Å². The highest BCUT2D eigenvalue weighted by Gasteiger charge is 2.17. The number of hydrogen-bond donors (Lipinski definition) is 0. The first-order chi connectivity index (χ1) is 14.1. The molecule has 0 aromatic heterocycles. The van der Waals surface area contributed by atoms with Crippen LogP contribution < -0.4 is 0 Å². The van der Waals surface area contributed by atoms with Crippen LogP contribution in [-0.2, 0) is 16.0 Å². The van der Waals surface area contributed by atoms with Crippen LogP contribution in [0.1, 0.15) is 18.4 Å². The maximum absolute atomic E-state index is 11.5. The summed E-state index contributed by atoms with van der Waals surface area (Å²) in [7, 11) is 1.44. The van der Waals surface area contributed by atoms with Crippen LogP contribution in [0.3, 0.4) is 0 Å². The van der Waals surface area contributed by atoms with Crippen molar-refractivity contribution < 1.29 is 9.53 Å². The number of carbonyl (C=O) groups is 1. The quantitative estimate of drug-likeness (QED) is 0.140. The molecular formula is C25H18Br2O2. The van der Waals surface area contributed by atoms with Crippen molar-refractivity contribution in [2.75, 3.05) is 7.11 Å². The number of fused-ring (bicyclic) bond motifs is 2. The molecule has 0 radical (unpaired) electrons. The molecule has 144 valence electrons. The number of carbonyl (C=O) groups excluding carboxylic acids is 1. The summed E-state index contributed by atoms with van der Waals surface area (Å²) in [5.41, 5.74) is 1.26. The highest BCUT2D eigenvalue weighted by molar-refractivity contribution is 9.11. The Kier molecular flexibility index (Phi) is 4.72. The highest BCUT2D eigenvalue weighted by Crippen LogP contribution is 2.44. The van der Waals surface area contributed by atoms with Crippen molar-refractivity contribution in [3.8, 4) is 0 Å². The van der Waals surface area contributed by atoms with Gasteiger partial charge in [0.15, 0.2) is 0 Å². The second-order valence-electron chi connectivity index (χ2n) is 7.37. The fraction of sp³-hybridized carbons (Fsp3) is 0.160. The van der Waals surface area contributed by atoms with E-state index in [1.807, 2.05) is 0 Å². The lowest BCUT2D eigenvalue weighted by Crippen LogP contribution is -2.01. The van der Waals surface area contributed by atoms with E-state index in [1.54, 1.807) is 0 Å². The van der Waals surface area contributed by atoms with Gasteiger partial charge >= 0.3 is 5.97 Å². The van der Waals surface area contributed by atoms with Crippen molar-refractivity contribution in [2.45, 2.75) is 19.3 Å². The third-order valence-corrected chi connectivity index (χ3v) is 7.17. The number of hydrogen-bond acceptors (Lipinski definition) is 2. The summed E-state index contributed by atoms with van der Waals surface area (Å²) in [6.45, 7) is 0. The van der Waals surface area contributed by atoms with Crippen molar-refractivity contribution in [3.05, 3.63) is 69.1 Å². The first-order valence-electron chi connectivity index (χ1n) is 9.63. The number of ether oxygens (including phenoxy) is 1. The fourth-order valence-corrected chi connectivity index (χ4v) is 5.57. The Morgan fingerprint density at radius 2 is 1.38 bits per heavy atom. The van der Waals surface area contributed by atoms with Gasteiger partial charge in [0.2, 0.25) is 0 Å². The predicted octanol–water partition coefficient (Wildman–Crippen LogP) is 7.76. The summed E-state index contributed by atoms with van der Waals surface area (Å²) >= 11 is 7.51. The van der Waals surface area contributed by atoms with E-state index < -0.39 is 0 Å². The van der Waals surface area contributed by atoms with Crippen LogP contribution in [0, 0.1) is 0 Å². The van der Waals surface area contributed by atoms with Gasteiger partial charge in [-0.25, -0.2) is 0 Å². The molecule has 5 aromatic rings. The molecule has 0 saturated heterocycles. The molecule has 0 N–H and O–H groups in total. The SMILES string of the molecule is COC(=O)CCCc1ccc2c3cccc4c(Br)ccc(c5ccc(Br)c1c52)c43. The molecule has 0 aliphatic carbocycles. The summed E-state index contributed by atoms with van der Waals surface area (Å²) in [6.07, 6.45) is 2.05. The van der Waals surface area contributed by atoms with Gasteiger partial charge in [-0.1, -0.05) is 74.3 Å². The average Bonchev–Trinajstić information content (AvgIpc) is 2.74. The molecule has 0 spiro atoms. The van der Waals surface area contributed by atoms with Gasteiger partial charge in [-0.3, -0.25) is 4.79 Å². The molecule has 0 atom stereocenters. The lowest BCUT2D eigenvalue weighted by atomic mass is 9.87. The topological polar surface area (TPSA) is 26.3 Å². The van der Waals surface area contributed by atoms with Crippen molar-refractivity contribution in [3.63, 3.8) is 0 Å². The molecule has 0 aliphatic heterocycles. The molecule has 0 aliphatic rings. The molecule has 0 bridgehead atoms. The third-order valence-electron chi connectivity index (χ3n) is 5.82. The molecule has 0 saturated carbocycles.